The Labute approximate surface area is 248 Å². The number of ether oxygens (including phenoxy) is 2. The van der Waals surface area contributed by atoms with Gasteiger partial charge in [0.2, 0.25) is 10.0 Å². The number of nitrogens with one attached hydrogen (secondary N) is 2. The van der Waals surface area contributed by atoms with Gasteiger partial charge in [0.15, 0.2) is 5.75 Å². The van der Waals surface area contributed by atoms with E-state index in [1.54, 1.807) is 41.7 Å². The summed E-state index contributed by atoms with van der Waals surface area (Å²) in [5.41, 5.74) is -0.0630. The molecule has 0 radical (unpaired) electrons. The fourth-order valence-electron chi connectivity index (χ4n) is 4.07. The number of nitro benzene ring substituents is 1. The molecule has 4 aromatic carbocycles. The van der Waals surface area contributed by atoms with Crippen molar-refractivity contribution < 1.29 is 22.8 Å². The molecule has 0 saturated carbocycles. The predicted molar refractivity (Wildman–Crippen MR) is 168 cm³/mol. The summed E-state index contributed by atoms with van der Waals surface area (Å²) >= 11 is 1.75. The van der Waals surface area contributed by atoms with Crippen molar-refractivity contribution >= 4 is 43.5 Å². The number of anilines is 1. The SMILES string of the molecule is CNCC[C@@H](Oc1cccc2ccccc12)c1cccs1.CS(=O)(=O)Nc1ccc([N+](=O)[O-])cc1Oc1ccccc1. The second-order valence-corrected chi connectivity index (χ2v) is 11.9. The van der Waals surface area contributed by atoms with Gasteiger partial charge < -0.3 is 14.8 Å². The first-order valence-electron chi connectivity index (χ1n) is 13.0. The Balaban J connectivity index is 0.000000193. The van der Waals surface area contributed by atoms with E-state index in [1.807, 2.05) is 7.05 Å². The second kappa shape index (κ2) is 14.4. The summed E-state index contributed by atoms with van der Waals surface area (Å²) in [6.45, 7) is 0.938. The molecular weight excluding hydrogens is 574 g/mol. The first-order chi connectivity index (χ1) is 20.2. The Morgan fingerprint density at radius 1 is 0.905 bits per heavy atom. The van der Waals surface area contributed by atoms with Crippen molar-refractivity contribution in [1.82, 2.24) is 5.32 Å². The van der Waals surface area contributed by atoms with E-state index in [0.717, 1.165) is 25.0 Å². The lowest BCUT2D eigenvalue weighted by Gasteiger charge is -2.19. The molecule has 0 aliphatic carbocycles. The average Bonchev–Trinajstić information content (AvgIpc) is 3.51. The van der Waals surface area contributed by atoms with Crippen LogP contribution in [0.4, 0.5) is 11.4 Å². The minimum atomic E-state index is -3.52. The minimum absolute atomic E-state index is 0.0563. The number of hydrogen-bond acceptors (Lipinski definition) is 8. The highest BCUT2D eigenvalue weighted by atomic mass is 32.2. The number of fused-ring (bicyclic) bond motifs is 1. The van der Waals surface area contributed by atoms with Crippen molar-refractivity contribution in [2.45, 2.75) is 12.5 Å². The normalized spacial score (nSPS) is 11.7. The van der Waals surface area contributed by atoms with Gasteiger partial charge in [-0.2, -0.15) is 0 Å². The van der Waals surface area contributed by atoms with Gasteiger partial charge in [0, 0.05) is 22.8 Å². The van der Waals surface area contributed by atoms with Gasteiger partial charge in [-0.15, -0.1) is 11.3 Å². The Morgan fingerprint density at radius 2 is 1.64 bits per heavy atom. The summed E-state index contributed by atoms with van der Waals surface area (Å²) in [6, 6.07) is 31.0. The summed E-state index contributed by atoms with van der Waals surface area (Å²) in [6.07, 6.45) is 2.05. The Bertz CT molecular complexity index is 1710. The van der Waals surface area contributed by atoms with Gasteiger partial charge in [-0.3, -0.25) is 14.8 Å². The molecule has 1 aromatic heterocycles. The van der Waals surface area contributed by atoms with E-state index in [2.05, 4.69) is 70.0 Å². The Hall–Kier alpha value is -4.45. The summed E-state index contributed by atoms with van der Waals surface area (Å²) in [5.74, 6) is 1.46. The highest BCUT2D eigenvalue weighted by Gasteiger charge is 2.16. The molecule has 1 heterocycles. The zero-order chi connectivity index (χ0) is 30.0. The molecule has 0 bridgehead atoms. The van der Waals surface area contributed by atoms with Gasteiger partial charge in [-0.25, -0.2) is 8.42 Å². The molecule has 0 aliphatic rings. The summed E-state index contributed by atoms with van der Waals surface area (Å²) in [7, 11) is -1.55. The summed E-state index contributed by atoms with van der Waals surface area (Å²) in [5, 5.41) is 18.5. The van der Waals surface area contributed by atoms with Crippen molar-refractivity contribution in [1.29, 1.82) is 0 Å². The number of rotatable bonds is 11. The molecule has 0 unspecified atom stereocenters. The monoisotopic (exact) mass is 605 g/mol. The number of para-hydroxylation sites is 1. The second-order valence-electron chi connectivity index (χ2n) is 9.22. The van der Waals surface area contributed by atoms with Crippen LogP contribution in [0.5, 0.6) is 17.2 Å². The lowest BCUT2D eigenvalue weighted by atomic mass is 10.1. The van der Waals surface area contributed by atoms with Crippen LogP contribution in [-0.4, -0.2) is 33.2 Å². The third-order valence-corrected chi connectivity index (χ3v) is 7.53. The van der Waals surface area contributed by atoms with Crippen LogP contribution in [-0.2, 0) is 10.0 Å². The van der Waals surface area contributed by atoms with Gasteiger partial charge in [0.05, 0.1) is 22.9 Å². The number of nitrogens with zero attached hydrogens (tertiary/aromatic N) is 1. The average molecular weight is 606 g/mol. The van der Waals surface area contributed by atoms with E-state index in [1.165, 1.54) is 33.8 Å². The molecule has 218 valence electrons. The number of nitro groups is 1. The van der Waals surface area contributed by atoms with Crippen LogP contribution in [0.1, 0.15) is 17.4 Å². The zero-order valence-corrected chi connectivity index (χ0v) is 24.7. The van der Waals surface area contributed by atoms with E-state index in [4.69, 9.17) is 9.47 Å². The molecule has 2 N–H and O–H groups in total. The van der Waals surface area contributed by atoms with Gasteiger partial charge >= 0.3 is 0 Å². The van der Waals surface area contributed by atoms with Crippen LogP contribution >= 0.6 is 11.3 Å². The molecule has 9 nitrogen and oxygen atoms in total. The fourth-order valence-corrected chi connectivity index (χ4v) is 5.43. The van der Waals surface area contributed by atoms with Gasteiger partial charge in [-0.05, 0) is 54.7 Å². The molecule has 5 aromatic rings. The van der Waals surface area contributed by atoms with Crippen molar-refractivity contribution in [3.63, 3.8) is 0 Å². The first-order valence-corrected chi connectivity index (χ1v) is 15.8. The van der Waals surface area contributed by atoms with Crippen molar-refractivity contribution in [2.24, 2.45) is 0 Å². The van der Waals surface area contributed by atoms with Gasteiger partial charge in [0.1, 0.15) is 17.6 Å². The lowest BCUT2D eigenvalue weighted by molar-refractivity contribution is -0.384. The van der Waals surface area contributed by atoms with Gasteiger partial charge in [-0.1, -0.05) is 60.7 Å². The number of hydrogen-bond donors (Lipinski definition) is 2. The zero-order valence-electron chi connectivity index (χ0n) is 23.1. The number of thiophene rings is 1. The number of benzene rings is 4. The smallest absolute Gasteiger partial charge is 0.273 e. The van der Waals surface area contributed by atoms with Crippen LogP contribution < -0.4 is 19.5 Å². The highest BCUT2D eigenvalue weighted by molar-refractivity contribution is 7.92. The van der Waals surface area contributed by atoms with Crippen molar-refractivity contribution in [3.05, 3.63) is 123 Å². The third kappa shape index (κ3) is 8.77. The van der Waals surface area contributed by atoms with Crippen molar-refractivity contribution in [3.8, 4) is 17.2 Å². The highest BCUT2D eigenvalue weighted by Crippen LogP contribution is 2.34. The lowest BCUT2D eigenvalue weighted by Crippen LogP contribution is -2.15. The maximum Gasteiger partial charge on any atom is 0.273 e. The number of sulfonamides is 1. The molecule has 11 heteroatoms. The quantitative estimate of drug-likeness (QED) is 0.119. The van der Waals surface area contributed by atoms with Crippen LogP contribution in [0.2, 0.25) is 0 Å². The van der Waals surface area contributed by atoms with Crippen LogP contribution in [0.15, 0.2) is 109 Å². The molecule has 0 amide bonds. The maximum absolute atomic E-state index is 11.3. The van der Waals surface area contributed by atoms with E-state index in [0.29, 0.717) is 5.75 Å². The van der Waals surface area contributed by atoms with Crippen LogP contribution in [0.25, 0.3) is 10.8 Å². The molecular formula is C31H31N3O6S2. The standard InChI is InChI=1S/C18H19NOS.C13H12N2O5S/c1-19-12-11-17(18-10-5-13-21-18)20-16-9-4-7-14-6-2-3-8-15(14)16;1-21(18,19)14-12-8-7-10(15(16)17)9-13(12)20-11-5-3-2-4-6-11/h2-10,13,17,19H,11-12H2,1H3;2-9,14H,1H3/t17-;/m1./s1. The van der Waals surface area contributed by atoms with Crippen molar-refractivity contribution in [2.75, 3.05) is 24.6 Å². The van der Waals surface area contributed by atoms with E-state index in [9.17, 15) is 18.5 Å². The Kier molecular flexibility index (Phi) is 10.5. The maximum atomic E-state index is 11.3. The third-order valence-electron chi connectivity index (χ3n) is 5.98. The van der Waals surface area contributed by atoms with E-state index >= 15 is 0 Å². The molecule has 42 heavy (non-hydrogen) atoms. The van der Waals surface area contributed by atoms with Gasteiger partial charge in [0.25, 0.3) is 5.69 Å². The molecule has 0 fully saturated rings. The fraction of sp³-hybridized carbons (Fsp3) is 0.161. The molecule has 5 rings (SSSR count). The Morgan fingerprint density at radius 3 is 2.33 bits per heavy atom. The van der Waals surface area contributed by atoms with Crippen LogP contribution in [0, 0.1) is 10.1 Å². The predicted octanol–water partition coefficient (Wildman–Crippen LogP) is 7.39. The molecule has 0 saturated heterocycles. The largest absolute Gasteiger partial charge is 0.484 e. The van der Waals surface area contributed by atoms with E-state index in [-0.39, 0.29) is 23.2 Å². The van der Waals surface area contributed by atoms with E-state index < -0.39 is 14.9 Å². The summed E-state index contributed by atoms with van der Waals surface area (Å²) in [4.78, 5) is 11.5. The van der Waals surface area contributed by atoms with Crippen LogP contribution in [0.3, 0.4) is 0 Å². The topological polar surface area (TPSA) is 120 Å². The number of non-ortho nitro benzene ring substituents is 1. The molecule has 0 aliphatic heterocycles. The molecule has 1 atom stereocenters. The first kappa shape index (κ1) is 30.5. The minimum Gasteiger partial charge on any atom is -0.484 e. The summed E-state index contributed by atoms with van der Waals surface area (Å²) < 4.78 is 36.8. The molecule has 0 spiro atoms.